The maximum atomic E-state index is 15.4. The van der Waals surface area contributed by atoms with Crippen molar-refractivity contribution in [3.05, 3.63) is 21.9 Å². The Bertz CT molecular complexity index is 1030. The van der Waals surface area contributed by atoms with Gasteiger partial charge >= 0.3 is 0 Å². The second-order valence-corrected chi connectivity index (χ2v) is 12.1. The first kappa shape index (κ1) is 28.3. The van der Waals surface area contributed by atoms with Crippen LogP contribution in [-0.2, 0) is 19.1 Å². The lowest BCUT2D eigenvalue weighted by Gasteiger charge is -2.46. The molecule has 10 heteroatoms. The van der Waals surface area contributed by atoms with Gasteiger partial charge in [0.1, 0.15) is 11.6 Å². The van der Waals surface area contributed by atoms with Crippen LogP contribution in [-0.4, -0.2) is 69.6 Å². The number of thiazole rings is 1. The predicted octanol–water partition coefficient (Wildman–Crippen LogP) is 3.48. The van der Waals surface area contributed by atoms with Gasteiger partial charge in [-0.05, 0) is 46.1 Å². The van der Waals surface area contributed by atoms with Gasteiger partial charge < -0.3 is 25.0 Å². The Morgan fingerprint density at radius 3 is 2.65 bits per heavy atom. The van der Waals surface area contributed by atoms with Gasteiger partial charge in [-0.1, -0.05) is 13.3 Å². The third-order valence-electron chi connectivity index (χ3n) is 8.48. The first-order chi connectivity index (χ1) is 17.5. The van der Waals surface area contributed by atoms with Crippen LogP contribution in [0.1, 0.15) is 76.4 Å². The number of ether oxygens (including phenoxy) is 2. The highest BCUT2D eigenvalue weighted by Crippen LogP contribution is 2.49. The van der Waals surface area contributed by atoms with Crippen LogP contribution in [0.15, 0.2) is 11.2 Å². The molecule has 0 radical (unpaired) electrons. The highest BCUT2D eigenvalue weighted by molar-refractivity contribution is 7.09. The van der Waals surface area contributed by atoms with Gasteiger partial charge in [-0.15, -0.1) is 11.3 Å². The Kier molecular flexibility index (Phi) is 8.55. The summed E-state index contributed by atoms with van der Waals surface area (Å²) in [5, 5.41) is 27.4. The molecule has 1 aliphatic carbocycles. The van der Waals surface area contributed by atoms with Crippen LogP contribution >= 0.6 is 11.3 Å². The molecule has 1 amide bonds. The molecule has 8 nitrogen and oxygen atoms in total. The number of aliphatic hydroxyl groups is 2. The number of halogens is 1. The molecule has 2 saturated heterocycles. The Morgan fingerprint density at radius 2 is 2.05 bits per heavy atom. The molecule has 4 rings (SSSR count). The lowest BCUT2D eigenvalue weighted by molar-refractivity contribution is -0.158. The van der Waals surface area contributed by atoms with Gasteiger partial charge in [0.25, 0.3) is 0 Å². The number of hydrogen-bond acceptors (Lipinski definition) is 8. The number of amides is 1. The third kappa shape index (κ3) is 5.98. The van der Waals surface area contributed by atoms with E-state index in [2.05, 4.69) is 10.3 Å². The highest BCUT2D eigenvalue weighted by Gasteiger charge is 2.55. The Morgan fingerprint density at radius 1 is 1.32 bits per heavy atom. The number of nitrogens with zero attached hydrogens (tertiary/aromatic N) is 1. The average molecular weight is 539 g/mol. The number of aryl methyl sites for hydroxylation is 1. The van der Waals surface area contributed by atoms with Gasteiger partial charge in [0.2, 0.25) is 5.91 Å². The number of hydrogen-bond donors (Lipinski definition) is 3. The summed E-state index contributed by atoms with van der Waals surface area (Å²) in [4.78, 5) is 31.0. The second kappa shape index (κ2) is 11.2. The van der Waals surface area contributed by atoms with Gasteiger partial charge in [-0.3, -0.25) is 9.59 Å². The summed E-state index contributed by atoms with van der Waals surface area (Å²) in [6.07, 6.45) is 0.657. The Balaban J connectivity index is 1.59. The fourth-order valence-corrected chi connectivity index (χ4v) is 6.27. The number of nitrogens with one attached hydrogen (secondary N) is 1. The first-order valence-electron chi connectivity index (χ1n) is 13.3. The van der Waals surface area contributed by atoms with E-state index in [0.29, 0.717) is 38.0 Å². The van der Waals surface area contributed by atoms with E-state index in [1.807, 2.05) is 20.8 Å². The molecule has 1 saturated carbocycles. The van der Waals surface area contributed by atoms with Crippen LogP contribution in [0, 0.1) is 18.3 Å². The van der Waals surface area contributed by atoms with E-state index in [1.54, 1.807) is 12.3 Å². The highest BCUT2D eigenvalue weighted by atomic mass is 32.1. The lowest BCUT2D eigenvalue weighted by Crippen LogP contribution is -2.55. The molecule has 3 N–H and O–H groups in total. The minimum atomic E-state index is -1.23. The number of ketones is 1. The van der Waals surface area contributed by atoms with Crippen molar-refractivity contribution >= 4 is 29.1 Å². The average Bonchev–Trinajstić information content (AvgIpc) is 3.24. The number of Topliss-reactive ketones (excluding diaryl/α,β-unsaturated/α-hetero) is 1. The van der Waals surface area contributed by atoms with E-state index >= 15 is 4.39 Å². The minimum Gasteiger partial charge on any atom is -0.392 e. The fourth-order valence-electron chi connectivity index (χ4n) is 5.70. The molecule has 3 aliphatic rings. The van der Waals surface area contributed by atoms with Crippen molar-refractivity contribution in [1.82, 2.24) is 10.3 Å². The van der Waals surface area contributed by atoms with Gasteiger partial charge in [0, 0.05) is 30.7 Å². The SMILES string of the molecule is CC[C@H]1C(=O)C2(CCC2)[C@@H](O)CC(=O)N[C@H](C(F)=Cc2csc(C)n2)C[C@@H]2O[C@]2(C)CCO[C@H](C)[C@H]1O. The number of fused-ring (bicyclic) bond motifs is 1. The van der Waals surface area contributed by atoms with Gasteiger partial charge in [-0.2, -0.15) is 0 Å². The molecule has 1 aromatic heterocycles. The lowest BCUT2D eigenvalue weighted by atomic mass is 9.58. The normalized spacial score (nSPS) is 37.5. The quantitative estimate of drug-likeness (QED) is 0.504. The topological polar surface area (TPSA) is 121 Å². The zero-order valence-corrected chi connectivity index (χ0v) is 22.9. The van der Waals surface area contributed by atoms with E-state index in [4.69, 9.17) is 9.47 Å². The third-order valence-corrected chi connectivity index (χ3v) is 9.27. The zero-order chi connectivity index (χ0) is 27.0. The fraction of sp³-hybridized carbons (Fsp3) is 0.741. The van der Waals surface area contributed by atoms with Crippen LogP contribution < -0.4 is 5.32 Å². The minimum absolute atomic E-state index is 0.212. The smallest absolute Gasteiger partial charge is 0.223 e. The molecule has 37 heavy (non-hydrogen) atoms. The molecule has 3 fully saturated rings. The summed E-state index contributed by atoms with van der Waals surface area (Å²) < 4.78 is 27.2. The van der Waals surface area contributed by atoms with E-state index < -0.39 is 53.0 Å². The van der Waals surface area contributed by atoms with E-state index in [0.717, 1.165) is 11.4 Å². The van der Waals surface area contributed by atoms with Crippen molar-refractivity contribution in [2.24, 2.45) is 11.3 Å². The van der Waals surface area contributed by atoms with Gasteiger partial charge in [0.05, 0.1) is 58.6 Å². The summed E-state index contributed by atoms with van der Waals surface area (Å²) in [6.45, 7) is 7.62. The first-order valence-corrected chi connectivity index (χ1v) is 14.2. The van der Waals surface area contributed by atoms with Gasteiger partial charge in [0.15, 0.2) is 0 Å². The molecule has 1 spiro atoms. The maximum Gasteiger partial charge on any atom is 0.223 e. The van der Waals surface area contributed by atoms with E-state index in [9.17, 15) is 19.8 Å². The summed E-state index contributed by atoms with van der Waals surface area (Å²) in [5.41, 5.74) is -1.15. The molecule has 7 atom stereocenters. The number of epoxide rings is 1. The molecule has 0 unspecified atom stereocenters. The van der Waals surface area contributed by atoms with Crippen LogP contribution in [0.25, 0.3) is 6.08 Å². The molecule has 0 bridgehead atoms. The summed E-state index contributed by atoms with van der Waals surface area (Å²) in [7, 11) is 0. The van der Waals surface area contributed by atoms with Crippen molar-refractivity contribution in [2.45, 2.75) is 109 Å². The molecular weight excluding hydrogens is 499 g/mol. The summed E-state index contributed by atoms with van der Waals surface area (Å²) >= 11 is 1.41. The number of carbonyl (C=O) groups is 2. The maximum absolute atomic E-state index is 15.4. The Hall–Kier alpha value is -1.72. The number of aromatic nitrogens is 1. The summed E-state index contributed by atoms with van der Waals surface area (Å²) in [6, 6.07) is -0.959. The predicted molar refractivity (Wildman–Crippen MR) is 137 cm³/mol. The Labute approximate surface area is 221 Å². The largest absolute Gasteiger partial charge is 0.392 e. The van der Waals surface area contributed by atoms with Crippen LogP contribution in [0.4, 0.5) is 4.39 Å². The van der Waals surface area contributed by atoms with Crippen molar-refractivity contribution in [3.8, 4) is 0 Å². The molecular formula is C27H39FN2O6S. The van der Waals surface area contributed by atoms with Crippen molar-refractivity contribution in [1.29, 1.82) is 0 Å². The van der Waals surface area contributed by atoms with Crippen LogP contribution in [0.3, 0.4) is 0 Å². The van der Waals surface area contributed by atoms with Crippen molar-refractivity contribution in [3.63, 3.8) is 0 Å². The van der Waals surface area contributed by atoms with E-state index in [-0.39, 0.29) is 24.7 Å². The van der Waals surface area contributed by atoms with Gasteiger partial charge in [-0.25, -0.2) is 9.37 Å². The number of rotatable bonds is 3. The number of carbonyl (C=O) groups excluding carboxylic acids is 2. The van der Waals surface area contributed by atoms with Crippen LogP contribution in [0.5, 0.6) is 0 Å². The molecule has 1 aromatic rings. The molecule has 206 valence electrons. The second-order valence-electron chi connectivity index (χ2n) is 11.0. The summed E-state index contributed by atoms with van der Waals surface area (Å²) in [5.74, 6) is -2.01. The molecule has 0 aromatic carbocycles. The van der Waals surface area contributed by atoms with E-state index in [1.165, 1.54) is 17.4 Å². The standard InChI is InChI=1S/C27H39FN2O6S/c1-5-18-24(33)15(2)35-10-9-26(4)22(36-26)12-20(19(28)11-17-14-37-16(3)29-17)30-23(32)13-21(31)27(25(18)34)7-6-8-27/h11,14-15,18,20-22,24,31,33H,5-10,12-13H2,1-4H3,(H,30,32)/t15-,18-,20+,21+,22+,24-,26-/m1/s1. The van der Waals surface area contributed by atoms with Crippen molar-refractivity contribution in [2.75, 3.05) is 6.61 Å². The zero-order valence-electron chi connectivity index (χ0n) is 22.0. The molecule has 2 aliphatic heterocycles. The molecule has 3 heterocycles. The monoisotopic (exact) mass is 538 g/mol. The number of aliphatic hydroxyl groups excluding tert-OH is 2. The van der Waals surface area contributed by atoms with Crippen molar-refractivity contribution < 1.29 is 33.7 Å². The van der Waals surface area contributed by atoms with Crippen LogP contribution in [0.2, 0.25) is 0 Å².